The van der Waals surface area contributed by atoms with Gasteiger partial charge >= 0.3 is 0 Å². The van der Waals surface area contributed by atoms with Crippen molar-refractivity contribution in [3.8, 4) is 0 Å². The van der Waals surface area contributed by atoms with E-state index >= 15 is 0 Å². The largest absolute Gasteiger partial charge is 0.353 e. The van der Waals surface area contributed by atoms with Crippen molar-refractivity contribution < 1.29 is 4.74 Å². The first kappa shape index (κ1) is 34.8. The van der Waals surface area contributed by atoms with E-state index < -0.39 is 0 Å². The van der Waals surface area contributed by atoms with E-state index in [1.807, 2.05) is 6.20 Å². The molecule has 0 radical (unpaired) electrons. The average Bonchev–Trinajstić information content (AvgIpc) is 3.33. The smallest absolute Gasteiger partial charge is 0.188 e. The van der Waals surface area contributed by atoms with Crippen LogP contribution in [0.3, 0.4) is 0 Å². The van der Waals surface area contributed by atoms with Crippen molar-refractivity contribution in [3.63, 3.8) is 0 Å². The first-order chi connectivity index (χ1) is 19.3. The van der Waals surface area contributed by atoms with Gasteiger partial charge < -0.3 is 15.0 Å². The summed E-state index contributed by atoms with van der Waals surface area (Å²) in [6.07, 6.45) is 9.27. The zero-order valence-electron chi connectivity index (χ0n) is 26.9. The maximum absolute atomic E-state index is 6.10. The molecule has 3 rings (SSSR count). The van der Waals surface area contributed by atoms with Gasteiger partial charge in [-0.05, 0) is 92.9 Å². The zero-order chi connectivity index (χ0) is 30.2. The third kappa shape index (κ3) is 11.7. The number of anilines is 1. The van der Waals surface area contributed by atoms with Crippen LogP contribution in [0.5, 0.6) is 0 Å². The SMILES string of the molecule is C=C(Nc1ncc(CN(CC)CCN(C)SN(C)C)s1)N(C1CCC(C)CC1)C1CCN(C(=P)OC(C)(C)C)CC1. The van der Waals surface area contributed by atoms with Crippen LogP contribution in [-0.2, 0) is 11.3 Å². The molecule has 0 bridgehead atoms. The lowest BCUT2D eigenvalue weighted by Crippen LogP contribution is -2.51. The summed E-state index contributed by atoms with van der Waals surface area (Å²) in [5.74, 6) is 1.83. The molecule has 2 heterocycles. The molecule has 1 saturated carbocycles. The third-order valence-electron chi connectivity index (χ3n) is 7.90. The summed E-state index contributed by atoms with van der Waals surface area (Å²) in [6, 6.07) is 0.998. The summed E-state index contributed by atoms with van der Waals surface area (Å²) in [4.78, 5) is 13.5. The number of aromatic nitrogens is 1. The number of likely N-dealkylation sites (N-methyl/N-ethyl adjacent to an activating group) is 2. The summed E-state index contributed by atoms with van der Waals surface area (Å²) in [7, 11) is 10.1. The number of hydrogen-bond donors (Lipinski definition) is 1. The second kappa shape index (κ2) is 16.4. The minimum Gasteiger partial charge on any atom is -0.353 e. The molecule has 2 fully saturated rings. The molecule has 0 unspecified atom stereocenters. The molecule has 2 aliphatic rings. The average molecular weight is 626 g/mol. The Morgan fingerprint density at radius 2 is 1.76 bits per heavy atom. The van der Waals surface area contributed by atoms with Gasteiger partial charge in [0.25, 0.3) is 0 Å². The van der Waals surface area contributed by atoms with Gasteiger partial charge in [-0.1, -0.05) is 29.3 Å². The highest BCUT2D eigenvalue weighted by molar-refractivity contribution is 7.94. The highest BCUT2D eigenvalue weighted by Crippen LogP contribution is 2.34. The summed E-state index contributed by atoms with van der Waals surface area (Å²) < 4.78 is 10.5. The molecule has 1 aromatic rings. The van der Waals surface area contributed by atoms with Crippen LogP contribution in [0.2, 0.25) is 0 Å². The van der Waals surface area contributed by atoms with E-state index in [2.05, 4.69) is 99.8 Å². The summed E-state index contributed by atoms with van der Waals surface area (Å²) in [5.41, 5.74) is 0.643. The Morgan fingerprint density at radius 1 is 1.12 bits per heavy atom. The van der Waals surface area contributed by atoms with E-state index in [1.165, 1.54) is 30.6 Å². The Bertz CT molecular complexity index is 953. The molecule has 41 heavy (non-hydrogen) atoms. The number of likely N-dealkylation sites (tertiary alicyclic amines) is 1. The molecule has 0 spiro atoms. The minimum atomic E-state index is -0.209. The van der Waals surface area contributed by atoms with Gasteiger partial charge in [0.1, 0.15) is 11.4 Å². The molecule has 1 N–H and O–H groups in total. The van der Waals surface area contributed by atoms with Crippen LogP contribution in [0.25, 0.3) is 0 Å². The molecule has 234 valence electrons. The lowest BCUT2D eigenvalue weighted by atomic mass is 9.85. The predicted molar refractivity (Wildman–Crippen MR) is 182 cm³/mol. The van der Waals surface area contributed by atoms with Crippen molar-refractivity contribution in [1.29, 1.82) is 0 Å². The minimum absolute atomic E-state index is 0.209. The number of thiazole rings is 1. The Balaban J connectivity index is 1.61. The van der Waals surface area contributed by atoms with E-state index in [-0.39, 0.29) is 5.60 Å². The Hall–Kier alpha value is -0.710. The van der Waals surface area contributed by atoms with Crippen molar-refractivity contribution in [2.45, 2.75) is 97.4 Å². The number of piperidine rings is 1. The third-order valence-corrected chi connectivity index (χ3v) is 10.0. The van der Waals surface area contributed by atoms with Gasteiger partial charge in [0.2, 0.25) is 0 Å². The van der Waals surface area contributed by atoms with Crippen molar-refractivity contribution in [2.24, 2.45) is 5.92 Å². The predicted octanol–water partition coefficient (Wildman–Crippen LogP) is 6.30. The van der Waals surface area contributed by atoms with Crippen molar-refractivity contribution in [1.82, 2.24) is 28.3 Å². The number of hydrogen-bond acceptors (Lipinski definition) is 9. The van der Waals surface area contributed by atoms with Crippen LogP contribution < -0.4 is 5.32 Å². The fourth-order valence-corrected chi connectivity index (χ4v) is 7.88. The molecular weight excluding hydrogens is 569 g/mol. The van der Waals surface area contributed by atoms with Crippen LogP contribution >= 0.6 is 32.3 Å². The maximum atomic E-state index is 6.10. The molecule has 1 aromatic heterocycles. The monoisotopic (exact) mass is 625 g/mol. The van der Waals surface area contributed by atoms with Gasteiger partial charge in [0, 0.05) is 68.0 Å². The molecule has 0 amide bonds. The van der Waals surface area contributed by atoms with Gasteiger partial charge in [0.15, 0.2) is 5.13 Å². The summed E-state index contributed by atoms with van der Waals surface area (Å²) in [6.45, 7) is 21.4. The lowest BCUT2D eigenvalue weighted by molar-refractivity contribution is 0.0673. The fourth-order valence-electron chi connectivity index (χ4n) is 5.76. The standard InChI is InChI=1S/C30H56N7OPS2/c1-10-35(20-19-34(9)41-33(7)8)22-27-21-31-28(40-27)32-24(3)37(25-13-11-23(2)12-14-25)26-15-17-36(18-16-26)29(39)38-30(4,5)6/h21,23,25-26,39H,3,10-20,22H2,1-2,4-9H3,(H,31,32). The van der Waals surface area contributed by atoms with Crippen LogP contribution in [0, 0.1) is 5.92 Å². The van der Waals surface area contributed by atoms with Crippen LogP contribution in [0.1, 0.15) is 78.0 Å². The number of nitrogens with zero attached hydrogens (tertiary/aromatic N) is 6. The normalized spacial score (nSPS) is 21.1. The Morgan fingerprint density at radius 3 is 2.34 bits per heavy atom. The second-order valence-corrected chi connectivity index (χ2v) is 15.9. The maximum Gasteiger partial charge on any atom is 0.188 e. The molecule has 11 heteroatoms. The van der Waals surface area contributed by atoms with Gasteiger partial charge in [-0.25, -0.2) is 13.6 Å². The topological polar surface area (TPSA) is 50.4 Å². The number of nitrogens with one attached hydrogen (secondary N) is 1. The van der Waals surface area contributed by atoms with E-state index in [9.17, 15) is 0 Å². The first-order valence-corrected chi connectivity index (χ1v) is 17.4. The summed E-state index contributed by atoms with van der Waals surface area (Å²) in [5, 5.41) is 4.59. The molecular formula is C30H56N7OPS2. The van der Waals surface area contributed by atoms with Gasteiger partial charge in [-0.2, -0.15) is 0 Å². The van der Waals surface area contributed by atoms with E-state index in [0.717, 1.165) is 74.6 Å². The van der Waals surface area contributed by atoms with Gasteiger partial charge in [-0.3, -0.25) is 9.80 Å². The molecule has 0 aromatic carbocycles. The highest BCUT2D eigenvalue weighted by atomic mass is 32.2. The lowest BCUT2D eigenvalue weighted by Gasteiger charge is -2.46. The second-order valence-electron chi connectivity index (χ2n) is 12.9. The van der Waals surface area contributed by atoms with Crippen LogP contribution in [0.15, 0.2) is 18.6 Å². The van der Waals surface area contributed by atoms with Crippen molar-refractivity contribution >= 4 is 43.1 Å². The van der Waals surface area contributed by atoms with Gasteiger partial charge in [-0.15, -0.1) is 11.3 Å². The Kier molecular flexibility index (Phi) is 13.9. The van der Waals surface area contributed by atoms with E-state index in [1.54, 1.807) is 23.5 Å². The van der Waals surface area contributed by atoms with Crippen LogP contribution in [0.4, 0.5) is 5.13 Å². The van der Waals surface area contributed by atoms with Gasteiger partial charge in [0.05, 0.1) is 5.60 Å². The van der Waals surface area contributed by atoms with E-state index in [4.69, 9.17) is 9.72 Å². The molecule has 1 aliphatic heterocycles. The highest BCUT2D eigenvalue weighted by Gasteiger charge is 2.34. The fraction of sp³-hybridized carbons (Fsp3) is 0.800. The molecule has 8 nitrogen and oxygen atoms in total. The summed E-state index contributed by atoms with van der Waals surface area (Å²) >= 11 is 3.50. The van der Waals surface area contributed by atoms with Crippen molar-refractivity contribution in [3.05, 3.63) is 23.5 Å². The zero-order valence-corrected chi connectivity index (χ0v) is 29.5. The van der Waals surface area contributed by atoms with E-state index in [0.29, 0.717) is 12.1 Å². The van der Waals surface area contributed by atoms with Crippen molar-refractivity contribution in [2.75, 3.05) is 59.2 Å². The number of rotatable bonds is 15. The quantitative estimate of drug-likeness (QED) is 0.179. The molecule has 0 atom stereocenters. The number of ether oxygens (including phenoxy) is 1. The molecule has 1 saturated heterocycles. The van der Waals surface area contributed by atoms with Crippen LogP contribution in [-0.4, -0.2) is 105 Å². The molecule has 1 aliphatic carbocycles. The first-order valence-electron chi connectivity index (χ1n) is 15.3. The Labute approximate surface area is 261 Å².